The van der Waals surface area contributed by atoms with Crippen LogP contribution in [0.3, 0.4) is 0 Å². The first-order valence-corrected chi connectivity index (χ1v) is 14.0. The Hall–Kier alpha value is -2.86. The van der Waals surface area contributed by atoms with E-state index < -0.39 is 11.9 Å². The van der Waals surface area contributed by atoms with Crippen LogP contribution in [0.2, 0.25) is 0 Å². The van der Waals surface area contributed by atoms with Crippen molar-refractivity contribution in [3.8, 4) is 5.75 Å². The molecule has 2 aromatic rings. The van der Waals surface area contributed by atoms with Gasteiger partial charge in [0.1, 0.15) is 12.3 Å². The van der Waals surface area contributed by atoms with Gasteiger partial charge >= 0.3 is 5.97 Å². The molecule has 0 unspecified atom stereocenters. The molecule has 1 aliphatic carbocycles. The monoisotopic (exact) mass is 507 g/mol. The summed E-state index contributed by atoms with van der Waals surface area (Å²) in [5.74, 6) is 1.52. The number of esters is 1. The lowest BCUT2D eigenvalue weighted by atomic mass is 9.74. The molecule has 1 saturated carbocycles. The van der Waals surface area contributed by atoms with Crippen LogP contribution < -0.4 is 9.84 Å². The number of rotatable bonds is 8. The maximum Gasteiger partial charge on any atom is 0.317 e. The highest BCUT2D eigenvalue weighted by molar-refractivity contribution is 5.83. The summed E-state index contributed by atoms with van der Waals surface area (Å²) in [5, 5.41) is 8.25. The first-order chi connectivity index (χ1) is 18.1. The van der Waals surface area contributed by atoms with Gasteiger partial charge in [-0.15, -0.1) is 0 Å². The van der Waals surface area contributed by atoms with Crippen LogP contribution in [0.4, 0.5) is 0 Å². The number of carbonyl (C=O) groups is 2. The van der Waals surface area contributed by atoms with E-state index in [1.807, 2.05) is 36.4 Å². The molecule has 3 saturated heterocycles. The Labute approximate surface area is 221 Å². The van der Waals surface area contributed by atoms with E-state index in [0.29, 0.717) is 5.92 Å². The van der Waals surface area contributed by atoms with Crippen molar-refractivity contribution in [3.63, 3.8) is 0 Å². The lowest BCUT2D eigenvalue weighted by Gasteiger charge is -2.52. The van der Waals surface area contributed by atoms with E-state index in [-0.39, 0.29) is 12.1 Å². The second-order valence-electron chi connectivity index (χ2n) is 10.9. The third-order valence-corrected chi connectivity index (χ3v) is 8.76. The summed E-state index contributed by atoms with van der Waals surface area (Å²) in [6.45, 7) is 4.76. The van der Waals surface area contributed by atoms with Gasteiger partial charge in [0.25, 0.3) is 0 Å². The average Bonchev–Trinajstić information content (AvgIpc) is 3.21. The molecule has 200 valence electrons. The number of benzene rings is 2. The Morgan fingerprint density at radius 2 is 1.54 bits per heavy atom. The van der Waals surface area contributed by atoms with Crippen molar-refractivity contribution in [3.05, 3.63) is 66.2 Å². The Kier molecular flexibility index (Phi) is 9.62. The molecule has 4 fully saturated rings. The maximum atomic E-state index is 13.9. The summed E-state index contributed by atoms with van der Waals surface area (Å²) < 4.78 is 13.5. The van der Waals surface area contributed by atoms with Gasteiger partial charge in [-0.05, 0) is 30.5 Å². The molecule has 6 heteroatoms. The molecule has 0 amide bonds. The minimum Gasteiger partial charge on any atom is -0.554 e. The number of piperidine rings is 3. The number of para-hydroxylation sites is 1. The van der Waals surface area contributed by atoms with Gasteiger partial charge in [-0.25, -0.2) is 0 Å². The third kappa shape index (κ3) is 6.72. The molecule has 6 rings (SSSR count). The summed E-state index contributed by atoms with van der Waals surface area (Å²) in [4.78, 5) is 22.1. The number of hydrogen-bond acceptors (Lipinski definition) is 5. The van der Waals surface area contributed by atoms with Crippen LogP contribution in [0.1, 0.15) is 63.4 Å². The van der Waals surface area contributed by atoms with E-state index in [1.54, 1.807) is 0 Å². The minimum atomic E-state index is -0.500. The van der Waals surface area contributed by atoms with E-state index in [2.05, 4.69) is 24.3 Å². The zero-order chi connectivity index (χ0) is 26.0. The fourth-order valence-electron chi connectivity index (χ4n) is 6.73. The van der Waals surface area contributed by atoms with Crippen LogP contribution in [0.25, 0.3) is 0 Å². The van der Waals surface area contributed by atoms with Gasteiger partial charge in [0, 0.05) is 31.7 Å². The molecule has 3 heterocycles. The van der Waals surface area contributed by atoms with E-state index >= 15 is 0 Å². The highest BCUT2D eigenvalue weighted by atomic mass is 16.5. The van der Waals surface area contributed by atoms with Gasteiger partial charge in [-0.2, -0.15) is 0 Å². The second-order valence-corrected chi connectivity index (χ2v) is 10.9. The van der Waals surface area contributed by atoms with Gasteiger partial charge in [-0.3, -0.25) is 4.79 Å². The zero-order valence-corrected chi connectivity index (χ0v) is 21.9. The number of nitrogens with zero attached hydrogens (tertiary/aromatic N) is 1. The quantitative estimate of drug-likeness (QED) is 0.175. The summed E-state index contributed by atoms with van der Waals surface area (Å²) in [5.41, 5.74) is 0.697. The molecular weight excluding hydrogens is 466 g/mol. The smallest absolute Gasteiger partial charge is 0.317 e. The molecule has 2 aromatic carbocycles. The predicted octanol–water partition coefficient (Wildman–Crippen LogP) is 4.27. The first kappa shape index (κ1) is 27.2. The molecular formula is C31H41NO5. The number of hydrogen-bond donors (Lipinski definition) is 0. The van der Waals surface area contributed by atoms with Gasteiger partial charge in [0.05, 0.1) is 31.7 Å². The Bertz CT molecular complexity index is 964. The molecule has 37 heavy (non-hydrogen) atoms. The number of fused-ring (bicyclic) bond motifs is 3. The van der Waals surface area contributed by atoms with Crippen molar-refractivity contribution in [1.29, 1.82) is 0 Å². The van der Waals surface area contributed by atoms with Crippen molar-refractivity contribution < 1.29 is 28.7 Å². The molecule has 3 aliphatic heterocycles. The van der Waals surface area contributed by atoms with E-state index in [9.17, 15) is 4.79 Å². The van der Waals surface area contributed by atoms with E-state index in [1.165, 1.54) is 38.8 Å². The van der Waals surface area contributed by atoms with Crippen molar-refractivity contribution >= 4 is 12.4 Å². The van der Waals surface area contributed by atoms with Crippen molar-refractivity contribution in [2.24, 2.45) is 5.92 Å². The summed E-state index contributed by atoms with van der Waals surface area (Å²) in [6, 6.07) is 20.6. The Morgan fingerprint density at radius 3 is 2.16 bits per heavy atom. The average molecular weight is 508 g/mol. The van der Waals surface area contributed by atoms with Crippen LogP contribution in [0, 0.1) is 5.92 Å². The van der Waals surface area contributed by atoms with Gasteiger partial charge in [0.15, 0.2) is 6.10 Å². The second kappa shape index (κ2) is 13.1. The highest BCUT2D eigenvalue weighted by Gasteiger charge is 2.50. The number of ether oxygens (including phenoxy) is 2. The van der Waals surface area contributed by atoms with E-state index in [0.717, 1.165) is 67.6 Å². The lowest BCUT2D eigenvalue weighted by Crippen LogP contribution is -2.65. The summed E-state index contributed by atoms with van der Waals surface area (Å²) in [7, 11) is 0. The molecule has 0 aromatic heterocycles. The van der Waals surface area contributed by atoms with Crippen LogP contribution in [0.15, 0.2) is 60.7 Å². The standard InChI is InChI=1S/C30H40NO3.CH2O2/c32-29(30(18-9-1-2-10-19-30)26-12-5-3-6-13-26)34-28-24-31(21-16-25(28)17-22-31)20-11-23-33-27-14-7-4-8-15-27;2-1-3/h3-8,12-15,25,28H,1-2,9-11,16-24H2;1H,(H,2,3)/q+1;/p-1/t25?,28-,31?;/m1./s1. The number of carboxylic acid groups (broad SMARTS) is 1. The highest BCUT2D eigenvalue weighted by Crippen LogP contribution is 2.42. The molecule has 6 nitrogen and oxygen atoms in total. The minimum absolute atomic E-state index is 0.0462. The number of carbonyl (C=O) groups excluding carboxylic acids is 2. The van der Waals surface area contributed by atoms with Crippen LogP contribution in [0.5, 0.6) is 5.75 Å². The van der Waals surface area contributed by atoms with Crippen molar-refractivity contribution in [1.82, 2.24) is 0 Å². The predicted molar refractivity (Wildman–Crippen MR) is 141 cm³/mol. The lowest BCUT2D eigenvalue weighted by molar-refractivity contribution is -0.946. The molecule has 2 bridgehead atoms. The molecule has 0 radical (unpaired) electrons. The summed E-state index contributed by atoms with van der Waals surface area (Å²) >= 11 is 0. The molecule has 0 N–H and O–H groups in total. The fraction of sp³-hybridized carbons (Fsp3) is 0.548. The summed E-state index contributed by atoms with van der Waals surface area (Å²) in [6.07, 6.45) is 9.96. The van der Waals surface area contributed by atoms with Gasteiger partial charge in [-0.1, -0.05) is 74.2 Å². The molecule has 1 atom stereocenters. The van der Waals surface area contributed by atoms with E-state index in [4.69, 9.17) is 19.4 Å². The number of quaternary nitrogens is 1. The third-order valence-electron chi connectivity index (χ3n) is 8.76. The Morgan fingerprint density at radius 1 is 0.946 bits per heavy atom. The van der Waals surface area contributed by atoms with Crippen molar-refractivity contribution in [2.45, 2.75) is 69.3 Å². The van der Waals surface area contributed by atoms with Gasteiger partial charge in [0.2, 0.25) is 0 Å². The fourth-order valence-corrected chi connectivity index (χ4v) is 6.73. The van der Waals surface area contributed by atoms with Crippen LogP contribution in [-0.2, 0) is 19.7 Å². The first-order valence-electron chi connectivity index (χ1n) is 14.0. The largest absolute Gasteiger partial charge is 0.554 e. The molecule has 0 spiro atoms. The maximum absolute atomic E-state index is 13.9. The topological polar surface area (TPSA) is 75.7 Å². The van der Waals surface area contributed by atoms with Gasteiger partial charge < -0.3 is 23.9 Å². The molecule has 4 aliphatic rings. The Balaban J connectivity index is 0.00000102. The SMILES string of the molecule is O=C(O[C@@H]1C[N+]2(CCCOc3ccccc3)CCC1CC2)C1(c2ccccc2)CCCCCC1.O=C[O-]. The van der Waals surface area contributed by atoms with Crippen molar-refractivity contribution in [2.75, 3.05) is 32.8 Å². The van der Waals surface area contributed by atoms with Crippen LogP contribution >= 0.6 is 0 Å². The van der Waals surface area contributed by atoms with Crippen LogP contribution in [-0.4, -0.2) is 55.8 Å². The zero-order valence-electron chi connectivity index (χ0n) is 21.9. The normalized spacial score (nSPS) is 26.2.